The van der Waals surface area contributed by atoms with Gasteiger partial charge in [0.2, 0.25) is 0 Å². The van der Waals surface area contributed by atoms with Crippen LogP contribution in [0.4, 0.5) is 0 Å². The molecule has 0 amide bonds. The topological polar surface area (TPSA) is 24.9 Å². The lowest BCUT2D eigenvalue weighted by Crippen LogP contribution is -2.15. The molecule has 0 bridgehead atoms. The molecular formula is C13H20N2S. The van der Waals surface area contributed by atoms with Gasteiger partial charge in [-0.25, -0.2) is 4.98 Å². The molecule has 1 aromatic rings. The van der Waals surface area contributed by atoms with E-state index in [-0.39, 0.29) is 0 Å². The fourth-order valence-electron chi connectivity index (χ4n) is 2.49. The lowest BCUT2D eigenvalue weighted by molar-refractivity contribution is 0.643. The van der Waals surface area contributed by atoms with Crippen LogP contribution in [0.2, 0.25) is 0 Å². The standard InChI is InChI=1S/C13H20N2S/c1-2-4-11(3-1)13-15-9-12(16-13)8-14-7-10-5-6-10/h9-11,14H,1-8H2. The van der Waals surface area contributed by atoms with E-state index in [4.69, 9.17) is 0 Å². The van der Waals surface area contributed by atoms with Crippen molar-refractivity contribution in [3.05, 3.63) is 16.1 Å². The normalized spacial score (nSPS) is 21.8. The number of thiazole rings is 1. The molecule has 88 valence electrons. The van der Waals surface area contributed by atoms with Crippen LogP contribution >= 0.6 is 11.3 Å². The summed E-state index contributed by atoms with van der Waals surface area (Å²) < 4.78 is 0. The summed E-state index contributed by atoms with van der Waals surface area (Å²) in [7, 11) is 0. The van der Waals surface area contributed by atoms with Gasteiger partial charge in [0.25, 0.3) is 0 Å². The van der Waals surface area contributed by atoms with Crippen molar-refractivity contribution in [1.82, 2.24) is 10.3 Å². The van der Waals surface area contributed by atoms with Gasteiger partial charge in [-0.2, -0.15) is 0 Å². The van der Waals surface area contributed by atoms with Crippen LogP contribution in [0.1, 0.15) is 54.3 Å². The van der Waals surface area contributed by atoms with Crippen LogP contribution in [-0.4, -0.2) is 11.5 Å². The molecule has 0 spiro atoms. The van der Waals surface area contributed by atoms with Gasteiger partial charge in [0.05, 0.1) is 5.01 Å². The van der Waals surface area contributed by atoms with Crippen molar-refractivity contribution in [3.8, 4) is 0 Å². The molecule has 0 atom stereocenters. The molecule has 2 saturated carbocycles. The van der Waals surface area contributed by atoms with E-state index in [9.17, 15) is 0 Å². The van der Waals surface area contributed by atoms with E-state index in [2.05, 4.69) is 16.5 Å². The van der Waals surface area contributed by atoms with E-state index in [0.29, 0.717) is 0 Å². The molecule has 1 aromatic heterocycles. The molecule has 3 rings (SSSR count). The van der Waals surface area contributed by atoms with Crippen LogP contribution in [0.15, 0.2) is 6.20 Å². The minimum Gasteiger partial charge on any atom is -0.312 e. The van der Waals surface area contributed by atoms with E-state index in [1.54, 1.807) is 0 Å². The van der Waals surface area contributed by atoms with Gasteiger partial charge in [-0.3, -0.25) is 0 Å². The monoisotopic (exact) mass is 236 g/mol. The third-order valence-electron chi connectivity index (χ3n) is 3.71. The SMILES string of the molecule is c1nc(C2CCCC2)sc1CNCC1CC1. The average molecular weight is 236 g/mol. The van der Waals surface area contributed by atoms with E-state index in [1.165, 1.54) is 55.0 Å². The van der Waals surface area contributed by atoms with Gasteiger partial charge >= 0.3 is 0 Å². The van der Waals surface area contributed by atoms with Crippen LogP contribution < -0.4 is 5.32 Å². The molecule has 16 heavy (non-hydrogen) atoms. The largest absolute Gasteiger partial charge is 0.312 e. The molecule has 0 aromatic carbocycles. The molecule has 1 heterocycles. The average Bonchev–Trinajstić information content (AvgIpc) is 2.83. The molecule has 2 fully saturated rings. The van der Waals surface area contributed by atoms with Gasteiger partial charge in [0.15, 0.2) is 0 Å². The highest BCUT2D eigenvalue weighted by Crippen LogP contribution is 2.36. The van der Waals surface area contributed by atoms with E-state index >= 15 is 0 Å². The van der Waals surface area contributed by atoms with Crippen molar-refractivity contribution in [1.29, 1.82) is 0 Å². The van der Waals surface area contributed by atoms with Crippen molar-refractivity contribution in [3.63, 3.8) is 0 Å². The van der Waals surface area contributed by atoms with E-state index < -0.39 is 0 Å². The van der Waals surface area contributed by atoms with Gasteiger partial charge < -0.3 is 5.32 Å². The highest BCUT2D eigenvalue weighted by Gasteiger charge is 2.21. The Morgan fingerprint density at radius 1 is 1.25 bits per heavy atom. The van der Waals surface area contributed by atoms with Crippen molar-refractivity contribution < 1.29 is 0 Å². The van der Waals surface area contributed by atoms with Crippen molar-refractivity contribution >= 4 is 11.3 Å². The van der Waals surface area contributed by atoms with Crippen molar-refractivity contribution in [2.45, 2.75) is 51.0 Å². The Balaban J connectivity index is 1.50. The zero-order chi connectivity index (χ0) is 10.8. The van der Waals surface area contributed by atoms with E-state index in [1.807, 2.05) is 11.3 Å². The van der Waals surface area contributed by atoms with Gasteiger partial charge in [-0.05, 0) is 38.1 Å². The quantitative estimate of drug-likeness (QED) is 0.848. The summed E-state index contributed by atoms with van der Waals surface area (Å²) in [6.45, 7) is 2.23. The second-order valence-electron chi connectivity index (χ2n) is 5.22. The van der Waals surface area contributed by atoms with Crippen LogP contribution in [0.3, 0.4) is 0 Å². The maximum Gasteiger partial charge on any atom is 0.0959 e. The van der Waals surface area contributed by atoms with Gasteiger partial charge in [0, 0.05) is 23.5 Å². The Morgan fingerprint density at radius 3 is 2.81 bits per heavy atom. The maximum atomic E-state index is 4.59. The van der Waals surface area contributed by atoms with Crippen LogP contribution in [-0.2, 0) is 6.54 Å². The first-order valence-electron chi connectivity index (χ1n) is 6.57. The predicted molar refractivity (Wildman–Crippen MR) is 67.8 cm³/mol. The summed E-state index contributed by atoms with van der Waals surface area (Å²) in [5.41, 5.74) is 0. The molecule has 2 aliphatic carbocycles. The Hall–Kier alpha value is -0.410. The third-order valence-corrected chi connectivity index (χ3v) is 4.86. The Bertz CT molecular complexity index is 337. The molecule has 1 N–H and O–H groups in total. The molecule has 3 heteroatoms. The first-order chi connectivity index (χ1) is 7.92. The number of hydrogen-bond acceptors (Lipinski definition) is 3. The molecule has 0 unspecified atom stereocenters. The summed E-state index contributed by atoms with van der Waals surface area (Å²) in [6.07, 6.45) is 10.5. The molecular weight excluding hydrogens is 216 g/mol. The predicted octanol–water partition coefficient (Wildman–Crippen LogP) is 3.30. The number of aromatic nitrogens is 1. The smallest absolute Gasteiger partial charge is 0.0959 e. The highest BCUT2D eigenvalue weighted by atomic mass is 32.1. The number of hydrogen-bond donors (Lipinski definition) is 1. The lowest BCUT2D eigenvalue weighted by atomic mass is 10.1. The number of nitrogens with one attached hydrogen (secondary N) is 1. The molecule has 2 nitrogen and oxygen atoms in total. The summed E-state index contributed by atoms with van der Waals surface area (Å²) in [5, 5.41) is 4.93. The number of rotatable bonds is 5. The fourth-order valence-corrected chi connectivity index (χ4v) is 3.54. The summed E-state index contributed by atoms with van der Waals surface area (Å²) >= 11 is 1.93. The second-order valence-corrected chi connectivity index (χ2v) is 6.37. The summed E-state index contributed by atoms with van der Waals surface area (Å²) in [5.74, 6) is 1.75. The Kier molecular flexibility index (Phi) is 3.25. The van der Waals surface area contributed by atoms with Gasteiger partial charge in [-0.15, -0.1) is 11.3 Å². The first kappa shape index (κ1) is 10.7. The highest BCUT2D eigenvalue weighted by molar-refractivity contribution is 7.11. The van der Waals surface area contributed by atoms with Crippen LogP contribution in [0.25, 0.3) is 0 Å². The zero-order valence-corrected chi connectivity index (χ0v) is 10.6. The molecule has 2 aliphatic rings. The van der Waals surface area contributed by atoms with Gasteiger partial charge in [0.1, 0.15) is 0 Å². The minimum absolute atomic E-state index is 0.780. The third kappa shape index (κ3) is 2.64. The van der Waals surface area contributed by atoms with Crippen molar-refractivity contribution in [2.24, 2.45) is 5.92 Å². The van der Waals surface area contributed by atoms with Gasteiger partial charge in [-0.1, -0.05) is 12.8 Å². The summed E-state index contributed by atoms with van der Waals surface area (Å²) in [4.78, 5) is 6.01. The molecule has 0 aliphatic heterocycles. The second kappa shape index (κ2) is 4.84. The van der Waals surface area contributed by atoms with Crippen LogP contribution in [0, 0.1) is 5.92 Å². The Labute approximate surface area is 101 Å². The fraction of sp³-hybridized carbons (Fsp3) is 0.769. The van der Waals surface area contributed by atoms with Crippen LogP contribution in [0.5, 0.6) is 0 Å². The van der Waals surface area contributed by atoms with E-state index in [0.717, 1.165) is 18.4 Å². The molecule has 0 saturated heterocycles. The Morgan fingerprint density at radius 2 is 2.06 bits per heavy atom. The zero-order valence-electron chi connectivity index (χ0n) is 9.74. The lowest BCUT2D eigenvalue weighted by Gasteiger charge is -2.02. The first-order valence-corrected chi connectivity index (χ1v) is 7.39. The molecule has 0 radical (unpaired) electrons. The minimum atomic E-state index is 0.780. The maximum absolute atomic E-state index is 4.59. The van der Waals surface area contributed by atoms with Crippen molar-refractivity contribution in [2.75, 3.05) is 6.54 Å². The summed E-state index contributed by atoms with van der Waals surface area (Å²) in [6, 6.07) is 0. The number of nitrogens with zero attached hydrogens (tertiary/aromatic N) is 1.